The second-order valence-electron chi connectivity index (χ2n) is 7.00. The molecule has 7 heteroatoms. The van der Waals surface area contributed by atoms with E-state index in [4.69, 9.17) is 0 Å². The largest absolute Gasteiger partial charge is 0.465 e. The van der Waals surface area contributed by atoms with Gasteiger partial charge in [0.25, 0.3) is 0 Å². The number of likely N-dealkylation sites (tertiary alicyclic amines) is 1. The van der Waals surface area contributed by atoms with Crippen LogP contribution in [0.15, 0.2) is 18.2 Å². The van der Waals surface area contributed by atoms with Gasteiger partial charge >= 0.3 is 6.09 Å². The van der Waals surface area contributed by atoms with Gasteiger partial charge in [-0.3, -0.25) is 9.69 Å². The maximum atomic E-state index is 13.4. The summed E-state index contributed by atoms with van der Waals surface area (Å²) in [7, 11) is 1.92. The number of carbonyl (C=O) groups is 2. The van der Waals surface area contributed by atoms with Gasteiger partial charge in [0, 0.05) is 25.7 Å². The van der Waals surface area contributed by atoms with Crippen molar-refractivity contribution in [2.75, 3.05) is 33.2 Å². The smallest absolute Gasteiger partial charge is 0.407 e. The molecule has 0 spiro atoms. The summed E-state index contributed by atoms with van der Waals surface area (Å²) in [6.07, 6.45) is 0.212. The van der Waals surface area contributed by atoms with Crippen molar-refractivity contribution in [3.63, 3.8) is 0 Å². The number of piperidine rings is 1. The maximum absolute atomic E-state index is 13.4. The highest BCUT2D eigenvalue weighted by atomic mass is 19.1. The van der Waals surface area contributed by atoms with E-state index in [-0.39, 0.29) is 23.8 Å². The Hall–Kier alpha value is -2.15. The number of carboxylic acid groups (broad SMARTS) is 1. The van der Waals surface area contributed by atoms with E-state index in [1.54, 1.807) is 13.0 Å². The van der Waals surface area contributed by atoms with Crippen LogP contribution in [-0.2, 0) is 4.79 Å². The van der Waals surface area contributed by atoms with Gasteiger partial charge in [0.1, 0.15) is 5.82 Å². The van der Waals surface area contributed by atoms with E-state index in [1.165, 1.54) is 17.0 Å². The molecule has 1 aromatic rings. The quantitative estimate of drug-likeness (QED) is 0.888. The lowest BCUT2D eigenvalue weighted by Crippen LogP contribution is -2.56. The zero-order valence-electron chi connectivity index (χ0n) is 14.6. The molecular formula is C18H24FN3O3. The van der Waals surface area contributed by atoms with Gasteiger partial charge in [0.05, 0.1) is 12.6 Å². The first kappa shape index (κ1) is 17.7. The minimum absolute atomic E-state index is 0.0197. The first-order chi connectivity index (χ1) is 11.9. The molecule has 0 aromatic heterocycles. The van der Waals surface area contributed by atoms with Crippen LogP contribution in [0.3, 0.4) is 0 Å². The minimum Gasteiger partial charge on any atom is -0.465 e. The summed E-state index contributed by atoms with van der Waals surface area (Å²) in [4.78, 5) is 29.4. The SMILES string of the molecule is Cc1cc(F)ccc1C1C[C@@H](N2CCN(C)CC2=O)CCN1C(=O)O. The molecule has 2 saturated heterocycles. The highest BCUT2D eigenvalue weighted by molar-refractivity contribution is 5.79. The fourth-order valence-electron chi connectivity index (χ4n) is 3.96. The van der Waals surface area contributed by atoms with E-state index in [9.17, 15) is 19.1 Å². The molecule has 2 amide bonds. The van der Waals surface area contributed by atoms with Gasteiger partial charge in [-0.05, 0) is 50.1 Å². The molecule has 0 bridgehead atoms. The van der Waals surface area contributed by atoms with Gasteiger partial charge in [0.15, 0.2) is 0 Å². The summed E-state index contributed by atoms with van der Waals surface area (Å²) in [5.74, 6) is -0.234. The summed E-state index contributed by atoms with van der Waals surface area (Å²) in [5.41, 5.74) is 1.55. The molecular weight excluding hydrogens is 325 g/mol. The van der Waals surface area contributed by atoms with E-state index >= 15 is 0 Å². The Morgan fingerprint density at radius 3 is 2.68 bits per heavy atom. The second kappa shape index (κ2) is 7.00. The Labute approximate surface area is 146 Å². The molecule has 1 N–H and O–H groups in total. The number of nitrogens with zero attached hydrogens (tertiary/aromatic N) is 3. The van der Waals surface area contributed by atoms with Crippen LogP contribution in [0, 0.1) is 12.7 Å². The Balaban J connectivity index is 1.85. The molecule has 2 heterocycles. The van der Waals surface area contributed by atoms with Crippen LogP contribution in [-0.4, -0.2) is 71.1 Å². The molecule has 0 radical (unpaired) electrons. The highest BCUT2D eigenvalue weighted by Crippen LogP contribution is 2.35. The van der Waals surface area contributed by atoms with Crippen LogP contribution in [0.25, 0.3) is 0 Å². The van der Waals surface area contributed by atoms with E-state index in [2.05, 4.69) is 0 Å². The monoisotopic (exact) mass is 349 g/mol. The van der Waals surface area contributed by atoms with Crippen molar-refractivity contribution in [3.8, 4) is 0 Å². The average Bonchev–Trinajstić information content (AvgIpc) is 2.54. The van der Waals surface area contributed by atoms with Gasteiger partial charge < -0.3 is 14.9 Å². The minimum atomic E-state index is -0.975. The lowest BCUT2D eigenvalue weighted by molar-refractivity contribution is -0.139. The summed E-state index contributed by atoms with van der Waals surface area (Å²) in [6, 6.07) is 4.13. The Bertz CT molecular complexity index is 682. The van der Waals surface area contributed by atoms with Crippen molar-refractivity contribution in [2.24, 2.45) is 0 Å². The summed E-state index contributed by atoms with van der Waals surface area (Å²) in [5, 5.41) is 9.56. The molecule has 3 rings (SSSR count). The number of likely N-dealkylation sites (N-methyl/N-ethyl adjacent to an activating group) is 1. The van der Waals surface area contributed by atoms with Crippen LogP contribution in [0.2, 0.25) is 0 Å². The number of amides is 2. The van der Waals surface area contributed by atoms with Gasteiger partial charge in [0.2, 0.25) is 5.91 Å². The average molecular weight is 349 g/mol. The third kappa shape index (κ3) is 3.61. The predicted octanol–water partition coefficient (Wildman–Crippen LogP) is 2.09. The zero-order chi connectivity index (χ0) is 18.1. The lowest BCUT2D eigenvalue weighted by Gasteiger charge is -2.45. The van der Waals surface area contributed by atoms with E-state index in [1.807, 2.05) is 16.8 Å². The third-order valence-corrected chi connectivity index (χ3v) is 5.30. The van der Waals surface area contributed by atoms with E-state index < -0.39 is 6.09 Å². The van der Waals surface area contributed by atoms with Crippen molar-refractivity contribution in [1.82, 2.24) is 14.7 Å². The predicted molar refractivity (Wildman–Crippen MR) is 90.8 cm³/mol. The summed E-state index contributed by atoms with van der Waals surface area (Å²) >= 11 is 0. The molecule has 1 aromatic carbocycles. The number of benzene rings is 1. The molecule has 136 valence electrons. The van der Waals surface area contributed by atoms with Crippen molar-refractivity contribution in [3.05, 3.63) is 35.1 Å². The molecule has 0 saturated carbocycles. The molecule has 6 nitrogen and oxygen atoms in total. The summed E-state index contributed by atoms with van der Waals surface area (Å²) in [6.45, 7) is 4.07. The number of halogens is 1. The number of carbonyl (C=O) groups excluding carboxylic acids is 1. The normalized spacial score (nSPS) is 25.3. The first-order valence-electron chi connectivity index (χ1n) is 8.60. The van der Waals surface area contributed by atoms with Crippen LogP contribution in [0.1, 0.15) is 30.0 Å². The Kier molecular flexibility index (Phi) is 4.94. The van der Waals surface area contributed by atoms with E-state index in [0.717, 1.165) is 17.7 Å². The van der Waals surface area contributed by atoms with Crippen molar-refractivity contribution in [2.45, 2.75) is 31.8 Å². The topological polar surface area (TPSA) is 64.1 Å². The van der Waals surface area contributed by atoms with Crippen molar-refractivity contribution < 1.29 is 19.1 Å². The molecule has 2 fully saturated rings. The maximum Gasteiger partial charge on any atom is 0.407 e. The molecule has 0 aliphatic carbocycles. The van der Waals surface area contributed by atoms with E-state index in [0.29, 0.717) is 32.5 Å². The van der Waals surface area contributed by atoms with Gasteiger partial charge in [-0.15, -0.1) is 0 Å². The second-order valence-corrected chi connectivity index (χ2v) is 7.00. The Morgan fingerprint density at radius 1 is 1.28 bits per heavy atom. The van der Waals surface area contributed by atoms with Gasteiger partial charge in [-0.25, -0.2) is 9.18 Å². The number of piperazine rings is 1. The number of hydrogen-bond acceptors (Lipinski definition) is 3. The van der Waals surface area contributed by atoms with Crippen LogP contribution < -0.4 is 0 Å². The van der Waals surface area contributed by atoms with Crippen LogP contribution in [0.5, 0.6) is 0 Å². The lowest BCUT2D eigenvalue weighted by atomic mass is 9.88. The van der Waals surface area contributed by atoms with Crippen molar-refractivity contribution in [1.29, 1.82) is 0 Å². The number of hydrogen-bond donors (Lipinski definition) is 1. The first-order valence-corrected chi connectivity index (χ1v) is 8.60. The van der Waals surface area contributed by atoms with Crippen LogP contribution in [0.4, 0.5) is 9.18 Å². The Morgan fingerprint density at radius 2 is 2.04 bits per heavy atom. The number of aryl methyl sites for hydroxylation is 1. The zero-order valence-corrected chi connectivity index (χ0v) is 14.6. The van der Waals surface area contributed by atoms with Gasteiger partial charge in [-0.2, -0.15) is 0 Å². The van der Waals surface area contributed by atoms with Gasteiger partial charge in [-0.1, -0.05) is 6.07 Å². The summed E-state index contributed by atoms with van der Waals surface area (Å²) < 4.78 is 13.4. The fourth-order valence-corrected chi connectivity index (χ4v) is 3.96. The standard InChI is InChI=1S/C18H24FN3O3/c1-12-9-13(19)3-4-15(12)16-10-14(5-6-22(16)18(24)25)21-8-7-20(2)11-17(21)23/h3-4,9,14,16H,5-8,10-11H2,1-2H3,(H,24,25)/t14-,16?/m0/s1. The molecule has 2 atom stereocenters. The fraction of sp³-hybridized carbons (Fsp3) is 0.556. The molecule has 2 aliphatic heterocycles. The molecule has 1 unspecified atom stereocenters. The van der Waals surface area contributed by atoms with Crippen LogP contribution >= 0.6 is 0 Å². The molecule has 25 heavy (non-hydrogen) atoms. The number of rotatable bonds is 2. The van der Waals surface area contributed by atoms with Crippen molar-refractivity contribution >= 4 is 12.0 Å². The molecule has 2 aliphatic rings. The highest BCUT2D eigenvalue weighted by Gasteiger charge is 2.38. The third-order valence-electron chi connectivity index (χ3n) is 5.30.